The van der Waals surface area contributed by atoms with E-state index in [4.69, 9.17) is 0 Å². The summed E-state index contributed by atoms with van der Waals surface area (Å²) in [5, 5.41) is 8.30. The molecule has 1 saturated heterocycles. The van der Waals surface area contributed by atoms with Crippen LogP contribution in [0.3, 0.4) is 0 Å². The molecule has 1 fully saturated rings. The zero-order chi connectivity index (χ0) is 22.9. The third-order valence-electron chi connectivity index (χ3n) is 6.08. The number of carbonyl (C=O) groups excluding carboxylic acids is 2. The van der Waals surface area contributed by atoms with Gasteiger partial charge in [-0.2, -0.15) is 0 Å². The van der Waals surface area contributed by atoms with Crippen LogP contribution in [0.5, 0.6) is 0 Å². The number of nitrogens with zero attached hydrogens (tertiary/aromatic N) is 1. The fourth-order valence-corrected chi connectivity index (χ4v) is 5.12. The fraction of sp³-hybridized carbons (Fsp3) is 0.333. The molecule has 6 heteroatoms. The number of likely N-dealkylation sites (tertiary alicyclic amines) is 1. The zero-order valence-corrected chi connectivity index (χ0v) is 19.6. The van der Waals surface area contributed by atoms with Gasteiger partial charge in [0.15, 0.2) is 0 Å². The summed E-state index contributed by atoms with van der Waals surface area (Å²) in [4.78, 5) is 29.5. The monoisotopic (exact) mass is 461 g/mol. The second kappa shape index (κ2) is 11.8. The molecule has 2 atom stereocenters. The van der Waals surface area contributed by atoms with Gasteiger partial charge in [-0.15, -0.1) is 11.3 Å². The van der Waals surface area contributed by atoms with Gasteiger partial charge in [-0.25, -0.2) is 0 Å². The molecule has 2 heterocycles. The Bertz CT molecular complexity index is 1010. The minimum absolute atomic E-state index is 0.0346. The number of carbonyl (C=O) groups is 2. The van der Waals surface area contributed by atoms with Crippen molar-refractivity contribution in [2.24, 2.45) is 5.92 Å². The van der Waals surface area contributed by atoms with E-state index in [9.17, 15) is 9.59 Å². The molecule has 0 radical (unpaired) electrons. The molecule has 1 aliphatic rings. The second-order valence-electron chi connectivity index (χ2n) is 8.63. The van der Waals surface area contributed by atoms with E-state index in [1.54, 1.807) is 23.5 Å². The van der Waals surface area contributed by atoms with E-state index in [-0.39, 0.29) is 24.3 Å². The van der Waals surface area contributed by atoms with Crippen LogP contribution >= 0.6 is 11.3 Å². The fourth-order valence-electron chi connectivity index (χ4n) is 4.37. The summed E-state index contributed by atoms with van der Waals surface area (Å²) in [6.45, 7) is 3.78. The standard InChI is InChI=1S/C27H31N3O2S/c31-26(28-18-21-9-7-15-30(19-21)20-24-14-8-16-33-24)17-25(22-10-3-1-4-11-22)29-27(32)23-12-5-2-6-13-23/h1-6,8,10-14,16,21,25H,7,9,15,17-20H2,(H,28,31)(H,29,32). The van der Waals surface area contributed by atoms with Crippen LogP contribution < -0.4 is 10.6 Å². The topological polar surface area (TPSA) is 61.4 Å². The minimum atomic E-state index is -0.374. The molecule has 172 valence electrons. The van der Waals surface area contributed by atoms with E-state index in [1.807, 2.05) is 48.5 Å². The van der Waals surface area contributed by atoms with Crippen molar-refractivity contribution >= 4 is 23.2 Å². The molecule has 4 rings (SSSR count). The summed E-state index contributed by atoms with van der Waals surface area (Å²) < 4.78 is 0. The van der Waals surface area contributed by atoms with Gasteiger partial charge in [0.25, 0.3) is 5.91 Å². The predicted molar refractivity (Wildman–Crippen MR) is 133 cm³/mol. The first-order valence-corrected chi connectivity index (χ1v) is 12.5. The van der Waals surface area contributed by atoms with Gasteiger partial charge >= 0.3 is 0 Å². The van der Waals surface area contributed by atoms with Crippen molar-refractivity contribution in [2.45, 2.75) is 31.8 Å². The van der Waals surface area contributed by atoms with E-state index < -0.39 is 0 Å². The molecule has 2 unspecified atom stereocenters. The Morgan fingerprint density at radius 2 is 1.76 bits per heavy atom. The smallest absolute Gasteiger partial charge is 0.251 e. The van der Waals surface area contributed by atoms with Crippen LogP contribution in [0.1, 0.15) is 46.1 Å². The van der Waals surface area contributed by atoms with Gasteiger partial charge in [0.05, 0.1) is 12.5 Å². The zero-order valence-electron chi connectivity index (χ0n) is 18.8. The highest BCUT2D eigenvalue weighted by atomic mass is 32.1. The number of nitrogens with one attached hydrogen (secondary N) is 2. The molecular formula is C27H31N3O2S. The first kappa shape index (κ1) is 23.2. The summed E-state index contributed by atoms with van der Waals surface area (Å²) >= 11 is 1.80. The Kier molecular flexibility index (Phi) is 8.28. The lowest BCUT2D eigenvalue weighted by atomic mass is 9.97. The molecule has 0 saturated carbocycles. The van der Waals surface area contributed by atoms with Gasteiger partial charge in [0, 0.05) is 30.1 Å². The number of benzene rings is 2. The summed E-state index contributed by atoms with van der Waals surface area (Å²) in [6, 6.07) is 22.7. The Labute approximate surface area is 199 Å². The van der Waals surface area contributed by atoms with E-state index >= 15 is 0 Å². The van der Waals surface area contributed by atoms with Crippen LogP contribution in [0.25, 0.3) is 0 Å². The highest BCUT2D eigenvalue weighted by Crippen LogP contribution is 2.21. The highest BCUT2D eigenvalue weighted by molar-refractivity contribution is 7.09. The molecule has 1 aliphatic heterocycles. The lowest BCUT2D eigenvalue weighted by Gasteiger charge is -2.32. The van der Waals surface area contributed by atoms with Crippen LogP contribution in [0.2, 0.25) is 0 Å². The highest BCUT2D eigenvalue weighted by Gasteiger charge is 2.23. The Hall–Kier alpha value is -2.96. The molecule has 3 aromatic rings. The van der Waals surface area contributed by atoms with Crippen LogP contribution in [0, 0.1) is 5.92 Å². The lowest BCUT2D eigenvalue weighted by Crippen LogP contribution is -2.41. The summed E-state index contributed by atoms with van der Waals surface area (Å²) in [6.07, 6.45) is 2.51. The van der Waals surface area contributed by atoms with Crippen molar-refractivity contribution in [3.8, 4) is 0 Å². The quantitative estimate of drug-likeness (QED) is 0.488. The van der Waals surface area contributed by atoms with Crippen molar-refractivity contribution in [3.05, 3.63) is 94.2 Å². The molecule has 0 aliphatic carbocycles. The van der Waals surface area contributed by atoms with Crippen molar-refractivity contribution in [3.63, 3.8) is 0 Å². The number of piperidine rings is 1. The first-order chi connectivity index (χ1) is 16.2. The van der Waals surface area contributed by atoms with Gasteiger partial charge in [0.1, 0.15) is 0 Å². The number of rotatable bonds is 9. The maximum Gasteiger partial charge on any atom is 0.251 e. The van der Waals surface area contributed by atoms with Crippen molar-refractivity contribution in [1.82, 2.24) is 15.5 Å². The first-order valence-electron chi connectivity index (χ1n) is 11.6. The Balaban J connectivity index is 1.31. The van der Waals surface area contributed by atoms with Crippen molar-refractivity contribution in [2.75, 3.05) is 19.6 Å². The summed E-state index contributed by atoms with van der Waals surface area (Å²) in [5.41, 5.74) is 1.52. The molecule has 2 aromatic carbocycles. The SMILES string of the molecule is O=C(CC(NC(=O)c1ccccc1)c1ccccc1)NCC1CCCN(Cc2cccs2)C1. The van der Waals surface area contributed by atoms with Crippen LogP contribution in [-0.2, 0) is 11.3 Å². The minimum Gasteiger partial charge on any atom is -0.356 e. The number of thiophene rings is 1. The molecular weight excluding hydrogens is 430 g/mol. The molecule has 0 spiro atoms. The Morgan fingerprint density at radius 1 is 1.00 bits per heavy atom. The summed E-state index contributed by atoms with van der Waals surface area (Å²) in [7, 11) is 0. The molecule has 2 N–H and O–H groups in total. The van der Waals surface area contributed by atoms with Gasteiger partial charge in [-0.1, -0.05) is 54.6 Å². The maximum atomic E-state index is 12.9. The van der Waals surface area contributed by atoms with E-state index in [1.165, 1.54) is 4.88 Å². The number of amides is 2. The van der Waals surface area contributed by atoms with E-state index in [0.717, 1.165) is 38.0 Å². The normalized spacial score (nSPS) is 17.3. The predicted octanol–water partition coefficient (Wildman–Crippen LogP) is 4.64. The summed E-state index contributed by atoms with van der Waals surface area (Å²) in [5.74, 6) is 0.248. The molecule has 5 nitrogen and oxygen atoms in total. The van der Waals surface area contributed by atoms with Crippen molar-refractivity contribution < 1.29 is 9.59 Å². The third kappa shape index (κ3) is 7.01. The van der Waals surface area contributed by atoms with Crippen molar-refractivity contribution in [1.29, 1.82) is 0 Å². The largest absolute Gasteiger partial charge is 0.356 e. The van der Waals surface area contributed by atoms with Gasteiger partial charge in [-0.05, 0) is 54.4 Å². The Morgan fingerprint density at radius 3 is 2.48 bits per heavy atom. The molecule has 1 aromatic heterocycles. The third-order valence-corrected chi connectivity index (χ3v) is 6.94. The molecule has 0 bridgehead atoms. The number of hydrogen-bond acceptors (Lipinski definition) is 4. The average Bonchev–Trinajstić information content (AvgIpc) is 3.37. The average molecular weight is 462 g/mol. The number of hydrogen-bond donors (Lipinski definition) is 2. The van der Waals surface area contributed by atoms with E-state index in [0.29, 0.717) is 18.0 Å². The van der Waals surface area contributed by atoms with Gasteiger partial charge < -0.3 is 10.6 Å². The maximum absolute atomic E-state index is 12.9. The molecule has 33 heavy (non-hydrogen) atoms. The van der Waals surface area contributed by atoms with E-state index in [2.05, 4.69) is 33.0 Å². The van der Waals surface area contributed by atoms with Crippen LogP contribution in [-0.4, -0.2) is 36.3 Å². The van der Waals surface area contributed by atoms with Crippen LogP contribution in [0.4, 0.5) is 0 Å². The second-order valence-corrected chi connectivity index (χ2v) is 9.67. The van der Waals surface area contributed by atoms with Crippen LogP contribution in [0.15, 0.2) is 78.2 Å². The van der Waals surface area contributed by atoms with Gasteiger partial charge in [-0.3, -0.25) is 14.5 Å². The lowest BCUT2D eigenvalue weighted by molar-refractivity contribution is -0.121. The van der Waals surface area contributed by atoms with Gasteiger partial charge in [0.2, 0.25) is 5.91 Å². The molecule has 2 amide bonds.